The number of phenols is 2. The van der Waals surface area contributed by atoms with Crippen LogP contribution < -0.4 is 11.5 Å². The maximum Gasteiger partial charge on any atom is 0.120 e. The SMILES string of the molecule is NCCCC[C@H](N)c1cc(O)ccc1O. The topological polar surface area (TPSA) is 92.5 Å². The lowest BCUT2D eigenvalue weighted by Crippen LogP contribution is -2.11. The van der Waals surface area contributed by atoms with Gasteiger partial charge in [0.1, 0.15) is 11.5 Å². The fraction of sp³-hybridized carbons (Fsp3) is 0.455. The summed E-state index contributed by atoms with van der Waals surface area (Å²) in [6.07, 6.45) is 2.61. The number of benzene rings is 1. The Hall–Kier alpha value is -1.26. The molecule has 0 radical (unpaired) electrons. The Kier molecular flexibility index (Phi) is 4.39. The van der Waals surface area contributed by atoms with Gasteiger partial charge in [0, 0.05) is 11.6 Å². The van der Waals surface area contributed by atoms with E-state index in [1.165, 1.54) is 18.2 Å². The summed E-state index contributed by atoms with van der Waals surface area (Å²) in [4.78, 5) is 0. The molecule has 84 valence electrons. The van der Waals surface area contributed by atoms with Gasteiger partial charge in [0.05, 0.1) is 0 Å². The highest BCUT2D eigenvalue weighted by Gasteiger charge is 2.11. The zero-order chi connectivity index (χ0) is 11.3. The van der Waals surface area contributed by atoms with Crippen LogP contribution in [0.25, 0.3) is 0 Å². The molecule has 1 rings (SSSR count). The molecule has 0 aliphatic rings. The highest BCUT2D eigenvalue weighted by Crippen LogP contribution is 2.29. The van der Waals surface area contributed by atoms with E-state index in [0.717, 1.165) is 19.3 Å². The van der Waals surface area contributed by atoms with Crippen LogP contribution in [-0.2, 0) is 0 Å². The van der Waals surface area contributed by atoms with Crippen molar-refractivity contribution < 1.29 is 10.2 Å². The van der Waals surface area contributed by atoms with Crippen molar-refractivity contribution in [1.29, 1.82) is 0 Å². The highest BCUT2D eigenvalue weighted by atomic mass is 16.3. The third-order valence-electron chi connectivity index (χ3n) is 2.38. The van der Waals surface area contributed by atoms with E-state index in [9.17, 15) is 10.2 Å². The van der Waals surface area contributed by atoms with Crippen LogP contribution >= 0.6 is 0 Å². The van der Waals surface area contributed by atoms with E-state index in [-0.39, 0.29) is 17.5 Å². The molecular formula is C11H18N2O2. The Labute approximate surface area is 89.5 Å². The summed E-state index contributed by atoms with van der Waals surface area (Å²) < 4.78 is 0. The van der Waals surface area contributed by atoms with E-state index in [1.807, 2.05) is 0 Å². The molecule has 0 bridgehead atoms. The molecule has 0 spiro atoms. The first-order valence-electron chi connectivity index (χ1n) is 5.12. The number of hydrogen-bond acceptors (Lipinski definition) is 4. The molecule has 0 aliphatic heterocycles. The number of rotatable bonds is 5. The van der Waals surface area contributed by atoms with Crippen molar-refractivity contribution in [2.24, 2.45) is 11.5 Å². The highest BCUT2D eigenvalue weighted by molar-refractivity contribution is 5.40. The average molecular weight is 210 g/mol. The molecule has 0 saturated heterocycles. The molecule has 0 heterocycles. The van der Waals surface area contributed by atoms with Crippen molar-refractivity contribution in [3.8, 4) is 11.5 Å². The van der Waals surface area contributed by atoms with Gasteiger partial charge in [0.25, 0.3) is 0 Å². The number of hydrogen-bond donors (Lipinski definition) is 4. The van der Waals surface area contributed by atoms with Crippen LogP contribution in [0.5, 0.6) is 11.5 Å². The molecule has 1 atom stereocenters. The minimum atomic E-state index is -0.247. The van der Waals surface area contributed by atoms with E-state index in [4.69, 9.17) is 11.5 Å². The first kappa shape index (κ1) is 11.8. The zero-order valence-electron chi connectivity index (χ0n) is 8.69. The summed E-state index contributed by atoms with van der Waals surface area (Å²) in [6.45, 7) is 0.652. The first-order valence-corrected chi connectivity index (χ1v) is 5.12. The molecule has 4 nitrogen and oxygen atoms in total. The van der Waals surface area contributed by atoms with Gasteiger partial charge in [0.2, 0.25) is 0 Å². The molecule has 0 saturated carbocycles. The van der Waals surface area contributed by atoms with Crippen LogP contribution in [0.2, 0.25) is 0 Å². The van der Waals surface area contributed by atoms with Gasteiger partial charge in [-0.3, -0.25) is 0 Å². The van der Waals surface area contributed by atoms with Crippen LogP contribution in [0.3, 0.4) is 0 Å². The lowest BCUT2D eigenvalue weighted by Gasteiger charge is -2.13. The van der Waals surface area contributed by atoms with Crippen molar-refractivity contribution in [2.75, 3.05) is 6.54 Å². The average Bonchev–Trinajstić information content (AvgIpc) is 2.22. The summed E-state index contributed by atoms with van der Waals surface area (Å²) >= 11 is 0. The Balaban J connectivity index is 2.64. The third kappa shape index (κ3) is 3.42. The molecule has 0 aromatic heterocycles. The predicted octanol–water partition coefficient (Wildman–Crippen LogP) is 1.23. The quantitative estimate of drug-likeness (QED) is 0.434. The molecule has 0 amide bonds. The second kappa shape index (κ2) is 5.58. The Morgan fingerprint density at radius 1 is 1.20 bits per heavy atom. The molecule has 0 unspecified atom stereocenters. The summed E-state index contributed by atoms with van der Waals surface area (Å²) in [5.74, 6) is 0.255. The third-order valence-corrected chi connectivity index (χ3v) is 2.38. The Morgan fingerprint density at radius 2 is 1.93 bits per heavy atom. The molecule has 6 N–H and O–H groups in total. The fourth-order valence-corrected chi connectivity index (χ4v) is 1.50. The van der Waals surface area contributed by atoms with Crippen LogP contribution in [0.15, 0.2) is 18.2 Å². The van der Waals surface area contributed by atoms with Gasteiger partial charge >= 0.3 is 0 Å². The van der Waals surface area contributed by atoms with Gasteiger partial charge in [-0.25, -0.2) is 0 Å². The van der Waals surface area contributed by atoms with E-state index < -0.39 is 0 Å². The number of aromatic hydroxyl groups is 2. The van der Waals surface area contributed by atoms with Crippen molar-refractivity contribution in [3.63, 3.8) is 0 Å². The Morgan fingerprint density at radius 3 is 2.60 bits per heavy atom. The van der Waals surface area contributed by atoms with Gasteiger partial charge in [-0.15, -0.1) is 0 Å². The molecule has 1 aromatic carbocycles. The molecule has 0 aliphatic carbocycles. The van der Waals surface area contributed by atoms with Gasteiger partial charge < -0.3 is 21.7 Å². The monoisotopic (exact) mass is 210 g/mol. The standard InChI is InChI=1S/C11H18N2O2/c12-6-2-1-3-10(13)9-7-8(14)4-5-11(9)15/h4-5,7,10,14-15H,1-3,6,12-13H2/t10-/m0/s1. The minimum Gasteiger partial charge on any atom is -0.508 e. The smallest absolute Gasteiger partial charge is 0.120 e. The number of nitrogens with two attached hydrogens (primary N) is 2. The van der Waals surface area contributed by atoms with E-state index >= 15 is 0 Å². The largest absolute Gasteiger partial charge is 0.508 e. The molecule has 4 heteroatoms. The van der Waals surface area contributed by atoms with Crippen molar-refractivity contribution in [2.45, 2.75) is 25.3 Å². The lowest BCUT2D eigenvalue weighted by molar-refractivity contribution is 0.444. The second-order valence-corrected chi connectivity index (χ2v) is 3.63. The lowest BCUT2D eigenvalue weighted by atomic mass is 10.0. The maximum atomic E-state index is 9.55. The minimum absolute atomic E-state index is 0.122. The summed E-state index contributed by atoms with van der Waals surface area (Å²) in [6, 6.07) is 4.14. The molecule has 1 aromatic rings. The van der Waals surface area contributed by atoms with E-state index in [0.29, 0.717) is 12.1 Å². The number of unbranched alkanes of at least 4 members (excludes halogenated alkanes) is 1. The van der Waals surface area contributed by atoms with Crippen LogP contribution in [-0.4, -0.2) is 16.8 Å². The summed E-state index contributed by atoms with van der Waals surface area (Å²) in [5, 5.41) is 18.8. The maximum absolute atomic E-state index is 9.55. The van der Waals surface area contributed by atoms with Gasteiger partial charge in [-0.2, -0.15) is 0 Å². The zero-order valence-corrected chi connectivity index (χ0v) is 8.69. The first-order chi connectivity index (χ1) is 7.15. The predicted molar refractivity (Wildman–Crippen MR) is 59.6 cm³/mol. The van der Waals surface area contributed by atoms with Gasteiger partial charge in [-0.05, 0) is 37.6 Å². The van der Waals surface area contributed by atoms with Crippen molar-refractivity contribution >= 4 is 0 Å². The molecule has 0 fully saturated rings. The van der Waals surface area contributed by atoms with Crippen molar-refractivity contribution in [1.82, 2.24) is 0 Å². The van der Waals surface area contributed by atoms with Crippen LogP contribution in [0.4, 0.5) is 0 Å². The van der Waals surface area contributed by atoms with Crippen LogP contribution in [0, 0.1) is 0 Å². The fourth-order valence-electron chi connectivity index (χ4n) is 1.50. The second-order valence-electron chi connectivity index (χ2n) is 3.63. The van der Waals surface area contributed by atoms with Crippen molar-refractivity contribution in [3.05, 3.63) is 23.8 Å². The number of phenolic OH excluding ortho intramolecular Hbond substituents is 2. The van der Waals surface area contributed by atoms with Crippen LogP contribution in [0.1, 0.15) is 30.9 Å². The summed E-state index contributed by atoms with van der Waals surface area (Å²) in [7, 11) is 0. The van der Waals surface area contributed by atoms with E-state index in [2.05, 4.69) is 0 Å². The molecular weight excluding hydrogens is 192 g/mol. The summed E-state index contributed by atoms with van der Waals surface area (Å²) in [5.41, 5.74) is 11.9. The Bertz CT molecular complexity index is 315. The van der Waals surface area contributed by atoms with E-state index in [1.54, 1.807) is 0 Å². The normalized spacial score (nSPS) is 12.7. The van der Waals surface area contributed by atoms with Gasteiger partial charge in [-0.1, -0.05) is 6.42 Å². The molecule has 15 heavy (non-hydrogen) atoms. The van der Waals surface area contributed by atoms with Gasteiger partial charge in [0.15, 0.2) is 0 Å².